The van der Waals surface area contributed by atoms with E-state index in [1.165, 1.54) is 28.7 Å². The monoisotopic (exact) mass is 243 g/mol. The summed E-state index contributed by atoms with van der Waals surface area (Å²) in [4.78, 5) is 12.3. The summed E-state index contributed by atoms with van der Waals surface area (Å²) < 4.78 is 2.79. The second-order valence-electron chi connectivity index (χ2n) is 3.34. The molecular weight excluding hydrogens is 238 g/mol. The van der Waals surface area contributed by atoms with Gasteiger partial charge in [0.2, 0.25) is 0 Å². The third-order valence-corrected chi connectivity index (χ3v) is 4.73. The number of thiophene rings is 1. The Morgan fingerprint density at radius 3 is 2.75 bits per heavy atom. The van der Waals surface area contributed by atoms with Crippen LogP contribution in [-0.4, -0.2) is 0 Å². The highest BCUT2D eigenvalue weighted by molar-refractivity contribution is 7.31. The van der Waals surface area contributed by atoms with Crippen molar-refractivity contribution in [1.29, 1.82) is 5.26 Å². The Labute approximate surface area is 99.0 Å². The van der Waals surface area contributed by atoms with Gasteiger partial charge >= 0.3 is 0 Å². The first-order valence-corrected chi connectivity index (χ1v) is 6.28. The third-order valence-electron chi connectivity index (χ3n) is 2.36. The molecule has 0 unspecified atom stereocenters. The van der Waals surface area contributed by atoms with E-state index in [4.69, 9.17) is 5.26 Å². The lowest BCUT2D eigenvalue weighted by Crippen LogP contribution is -1.95. The lowest BCUT2D eigenvalue weighted by atomic mass is 10.2. The van der Waals surface area contributed by atoms with Crippen molar-refractivity contribution in [2.45, 2.75) is 0 Å². The molecule has 4 heteroatoms. The average molecular weight is 243 g/mol. The average Bonchev–Trinajstić information content (AvgIpc) is 2.68. The van der Waals surface area contributed by atoms with Gasteiger partial charge in [-0.1, -0.05) is 18.2 Å². The molecule has 0 spiro atoms. The summed E-state index contributed by atoms with van der Waals surface area (Å²) in [7, 11) is 0. The van der Waals surface area contributed by atoms with Gasteiger partial charge in [0.15, 0.2) is 5.43 Å². The van der Waals surface area contributed by atoms with Gasteiger partial charge < -0.3 is 0 Å². The van der Waals surface area contributed by atoms with Crippen molar-refractivity contribution in [3.8, 4) is 6.07 Å². The van der Waals surface area contributed by atoms with Crippen LogP contribution in [0.4, 0.5) is 0 Å². The molecule has 0 N–H and O–H groups in total. The highest BCUT2D eigenvalue weighted by atomic mass is 32.1. The molecule has 0 bridgehead atoms. The van der Waals surface area contributed by atoms with E-state index < -0.39 is 0 Å². The molecule has 0 saturated heterocycles. The van der Waals surface area contributed by atoms with Gasteiger partial charge in [-0.25, -0.2) is 0 Å². The van der Waals surface area contributed by atoms with Gasteiger partial charge in [-0.3, -0.25) is 4.79 Å². The topological polar surface area (TPSA) is 40.9 Å². The summed E-state index contributed by atoms with van der Waals surface area (Å²) >= 11 is 2.88. The summed E-state index contributed by atoms with van der Waals surface area (Å²) in [6, 6.07) is 11.4. The standard InChI is InChI=1S/C12H5NOS2/c13-6-7-5-9(14)12-11(15-7)8-3-1-2-4-10(8)16-12/h1-5H. The van der Waals surface area contributed by atoms with E-state index in [2.05, 4.69) is 0 Å². The number of benzene rings is 1. The lowest BCUT2D eigenvalue weighted by molar-refractivity contribution is 1.52. The summed E-state index contributed by atoms with van der Waals surface area (Å²) in [5, 5.41) is 9.93. The minimum atomic E-state index is -0.0495. The van der Waals surface area contributed by atoms with Crippen LogP contribution in [-0.2, 0) is 0 Å². The Morgan fingerprint density at radius 1 is 1.12 bits per heavy atom. The fourth-order valence-electron chi connectivity index (χ4n) is 1.66. The fraction of sp³-hybridized carbons (Fsp3) is 0. The van der Waals surface area contributed by atoms with Crippen molar-refractivity contribution < 1.29 is 0 Å². The Hall–Kier alpha value is -1.70. The number of nitrogens with zero attached hydrogens (tertiary/aromatic N) is 1. The molecule has 2 aromatic heterocycles. The fourth-order valence-corrected chi connectivity index (χ4v) is 3.90. The van der Waals surface area contributed by atoms with Crippen molar-refractivity contribution in [1.82, 2.24) is 0 Å². The van der Waals surface area contributed by atoms with E-state index in [-0.39, 0.29) is 5.43 Å². The number of hydrogen-bond donors (Lipinski definition) is 0. The zero-order chi connectivity index (χ0) is 11.1. The molecule has 0 atom stereocenters. The SMILES string of the molecule is N#Cc1cc(=O)c2sc3ccccc3c2s1. The Kier molecular flexibility index (Phi) is 2.03. The maximum absolute atomic E-state index is 11.8. The van der Waals surface area contributed by atoms with Crippen molar-refractivity contribution in [2.75, 3.05) is 0 Å². The highest BCUT2D eigenvalue weighted by Gasteiger charge is 2.09. The number of fused-ring (bicyclic) bond motifs is 3. The molecule has 1 aromatic carbocycles. The molecule has 0 saturated carbocycles. The second-order valence-corrected chi connectivity index (χ2v) is 5.45. The first kappa shape index (κ1) is 9.52. The molecule has 0 aliphatic heterocycles. The Bertz CT molecular complexity index is 792. The lowest BCUT2D eigenvalue weighted by Gasteiger charge is -1.90. The molecule has 76 valence electrons. The maximum Gasteiger partial charge on any atom is 0.199 e. The van der Waals surface area contributed by atoms with Crippen LogP contribution in [0.15, 0.2) is 35.1 Å². The molecule has 2 nitrogen and oxygen atoms in total. The van der Waals surface area contributed by atoms with Gasteiger partial charge in [0.05, 0.1) is 9.40 Å². The predicted molar refractivity (Wildman–Crippen MR) is 68.2 cm³/mol. The van der Waals surface area contributed by atoms with Gasteiger partial charge in [0, 0.05) is 16.2 Å². The predicted octanol–water partition coefficient (Wildman–Crippen LogP) is 3.35. The van der Waals surface area contributed by atoms with E-state index in [0.29, 0.717) is 4.88 Å². The summed E-state index contributed by atoms with van der Waals surface area (Å²) in [5.74, 6) is 0. The molecule has 0 amide bonds. The molecule has 3 aromatic rings. The van der Waals surface area contributed by atoms with Crippen molar-refractivity contribution in [3.63, 3.8) is 0 Å². The van der Waals surface area contributed by atoms with Crippen LogP contribution in [0, 0.1) is 11.3 Å². The van der Waals surface area contributed by atoms with Crippen molar-refractivity contribution >= 4 is 42.2 Å². The molecule has 0 fully saturated rings. The molecule has 16 heavy (non-hydrogen) atoms. The summed E-state index contributed by atoms with van der Waals surface area (Å²) in [6.07, 6.45) is 0. The summed E-state index contributed by atoms with van der Waals surface area (Å²) in [6.45, 7) is 0. The van der Waals surface area contributed by atoms with Crippen LogP contribution in [0.2, 0.25) is 0 Å². The van der Waals surface area contributed by atoms with E-state index in [9.17, 15) is 4.79 Å². The van der Waals surface area contributed by atoms with Crippen LogP contribution < -0.4 is 5.43 Å². The molecule has 0 aliphatic carbocycles. The van der Waals surface area contributed by atoms with Gasteiger partial charge in [-0.2, -0.15) is 5.26 Å². The van der Waals surface area contributed by atoms with Gasteiger partial charge in [0.1, 0.15) is 10.9 Å². The molecule has 3 rings (SSSR count). The molecule has 0 radical (unpaired) electrons. The molecule has 2 heterocycles. The largest absolute Gasteiger partial charge is 0.288 e. The van der Waals surface area contributed by atoms with Crippen LogP contribution in [0.1, 0.15) is 4.88 Å². The highest BCUT2D eigenvalue weighted by Crippen LogP contribution is 2.34. The van der Waals surface area contributed by atoms with Gasteiger partial charge in [-0.15, -0.1) is 22.7 Å². The molecule has 0 aliphatic rings. The van der Waals surface area contributed by atoms with E-state index >= 15 is 0 Å². The zero-order valence-corrected chi connectivity index (χ0v) is 9.69. The Morgan fingerprint density at radius 2 is 1.94 bits per heavy atom. The van der Waals surface area contributed by atoms with Gasteiger partial charge in [-0.05, 0) is 6.07 Å². The second kappa shape index (κ2) is 3.41. The number of nitriles is 1. The zero-order valence-electron chi connectivity index (χ0n) is 8.06. The quantitative estimate of drug-likeness (QED) is 0.607. The van der Waals surface area contributed by atoms with E-state index in [1.54, 1.807) is 0 Å². The minimum absolute atomic E-state index is 0.0495. The van der Waals surface area contributed by atoms with E-state index in [0.717, 1.165) is 19.5 Å². The maximum atomic E-state index is 11.8. The number of hydrogen-bond acceptors (Lipinski definition) is 4. The van der Waals surface area contributed by atoms with E-state index in [1.807, 2.05) is 30.3 Å². The first-order valence-electron chi connectivity index (χ1n) is 4.65. The first-order chi connectivity index (χ1) is 7.79. The van der Waals surface area contributed by atoms with Gasteiger partial charge in [0.25, 0.3) is 0 Å². The van der Waals surface area contributed by atoms with Crippen LogP contribution in [0.5, 0.6) is 0 Å². The third kappa shape index (κ3) is 1.26. The van der Waals surface area contributed by atoms with Crippen LogP contribution in [0.3, 0.4) is 0 Å². The van der Waals surface area contributed by atoms with Crippen LogP contribution >= 0.6 is 22.7 Å². The van der Waals surface area contributed by atoms with Crippen LogP contribution in [0.25, 0.3) is 19.5 Å². The summed E-state index contributed by atoms with van der Waals surface area (Å²) in [5.41, 5.74) is -0.0495. The van der Waals surface area contributed by atoms with Crippen molar-refractivity contribution in [2.24, 2.45) is 0 Å². The molecular formula is C12H5NOS2. The van der Waals surface area contributed by atoms with Crippen molar-refractivity contribution in [3.05, 3.63) is 45.4 Å². The normalized spacial score (nSPS) is 10.7. The minimum Gasteiger partial charge on any atom is -0.288 e. The Balaban J connectivity index is 2.62. The number of rotatable bonds is 0. The smallest absolute Gasteiger partial charge is 0.199 e.